The molecule has 0 unspecified atom stereocenters. The van der Waals surface area contributed by atoms with Gasteiger partial charge in [-0.05, 0) is 93.9 Å². The number of nitrogens with zero attached hydrogens (tertiary/aromatic N) is 6. The van der Waals surface area contributed by atoms with Crippen molar-refractivity contribution < 1.29 is 34.1 Å². The molecule has 2 aromatic heterocycles. The van der Waals surface area contributed by atoms with Crippen LogP contribution < -0.4 is 25.3 Å². The van der Waals surface area contributed by atoms with Gasteiger partial charge in [0.15, 0.2) is 0 Å². The zero-order valence-electron chi connectivity index (χ0n) is 36.6. The number of piperidine rings is 2. The van der Waals surface area contributed by atoms with Crippen molar-refractivity contribution >= 4 is 47.0 Å². The van der Waals surface area contributed by atoms with Crippen LogP contribution in [0.5, 0.6) is 0 Å². The number of aliphatic carboxylic acids is 2. The van der Waals surface area contributed by atoms with Crippen LogP contribution in [0.3, 0.4) is 0 Å². The Hall–Kier alpha value is -4.66. The first-order valence-corrected chi connectivity index (χ1v) is 23.2. The van der Waals surface area contributed by atoms with E-state index in [4.69, 9.17) is 19.8 Å². The van der Waals surface area contributed by atoms with Gasteiger partial charge in [0.1, 0.15) is 23.3 Å². The van der Waals surface area contributed by atoms with Gasteiger partial charge in [-0.25, -0.2) is 9.97 Å². The molecule has 2 atom stereocenters. The SMILES string of the molecule is CCCNc1nc(N2CCC[C@@H](CC(=O)O)C2)ccc1C(=O)N(C)C1CCCCC1.O=C(O)C[C@@H]1CCCN(c2ccc(C(=O)NC3CCCCC3)c(N3CCOCC3)n2)C1. The lowest BCUT2D eigenvalue weighted by molar-refractivity contribution is -0.139. The number of hydrogen-bond donors (Lipinski definition) is 4. The van der Waals surface area contributed by atoms with E-state index in [0.29, 0.717) is 62.4 Å². The van der Waals surface area contributed by atoms with Gasteiger partial charge in [-0.3, -0.25) is 19.2 Å². The molecule has 5 aliphatic rings. The summed E-state index contributed by atoms with van der Waals surface area (Å²) < 4.78 is 5.50. The highest BCUT2D eigenvalue weighted by atomic mass is 16.5. The number of carbonyl (C=O) groups is 4. The van der Waals surface area contributed by atoms with Gasteiger partial charge in [0.2, 0.25) is 0 Å². The smallest absolute Gasteiger partial charge is 0.303 e. The van der Waals surface area contributed by atoms with E-state index in [0.717, 1.165) is 94.9 Å². The Morgan fingerprint density at radius 1 is 0.705 bits per heavy atom. The van der Waals surface area contributed by atoms with E-state index in [9.17, 15) is 24.3 Å². The maximum absolute atomic E-state index is 13.3. The minimum Gasteiger partial charge on any atom is -0.481 e. The molecule has 0 spiro atoms. The zero-order chi connectivity index (χ0) is 43.1. The monoisotopic (exact) mass is 847 g/mol. The largest absolute Gasteiger partial charge is 0.481 e. The lowest BCUT2D eigenvalue weighted by Gasteiger charge is -2.35. The molecule has 0 aromatic carbocycles. The summed E-state index contributed by atoms with van der Waals surface area (Å²) in [5, 5.41) is 24.9. The van der Waals surface area contributed by atoms with Gasteiger partial charge < -0.3 is 45.2 Å². The van der Waals surface area contributed by atoms with Crippen molar-refractivity contribution in [2.24, 2.45) is 11.8 Å². The van der Waals surface area contributed by atoms with Gasteiger partial charge in [-0.2, -0.15) is 0 Å². The molecule has 7 rings (SSSR count). The van der Waals surface area contributed by atoms with Crippen LogP contribution in [0.25, 0.3) is 0 Å². The summed E-state index contributed by atoms with van der Waals surface area (Å²) in [5.74, 6) is 1.77. The summed E-state index contributed by atoms with van der Waals surface area (Å²) in [4.78, 5) is 66.8. The molecular weight excluding hydrogens is 777 g/mol. The molecule has 0 bridgehead atoms. The maximum Gasteiger partial charge on any atom is 0.303 e. The number of carboxylic acid groups (broad SMARTS) is 2. The molecule has 5 heterocycles. The lowest BCUT2D eigenvalue weighted by atomic mass is 9.94. The van der Waals surface area contributed by atoms with E-state index >= 15 is 0 Å². The Kier molecular flexibility index (Phi) is 17.3. The number of aromatic nitrogens is 2. The van der Waals surface area contributed by atoms with Gasteiger partial charge in [0, 0.05) is 77.8 Å². The van der Waals surface area contributed by atoms with Gasteiger partial charge in [0.25, 0.3) is 11.8 Å². The predicted molar refractivity (Wildman–Crippen MR) is 238 cm³/mol. The molecule has 15 nitrogen and oxygen atoms in total. The molecule has 336 valence electrons. The second kappa shape index (κ2) is 23.0. The second-order valence-electron chi connectivity index (χ2n) is 17.8. The van der Waals surface area contributed by atoms with Crippen molar-refractivity contribution in [1.29, 1.82) is 0 Å². The molecular formula is C46H70N8O7. The first kappa shape index (κ1) is 45.9. The van der Waals surface area contributed by atoms with E-state index in [2.05, 4.69) is 32.3 Å². The van der Waals surface area contributed by atoms with Crippen LogP contribution in [0.15, 0.2) is 24.3 Å². The standard InChI is InChI=1S/C23H34N4O4.C23H36N4O3/c28-21(29)15-17-5-4-10-27(16-17)20-9-8-19(22(25-20)26-11-13-31-14-12-26)23(30)24-18-6-2-1-3-7-18;1-3-13-24-22-19(23(30)26(2)18-9-5-4-6-10-18)11-12-20(25-22)27-14-7-8-17(16-27)15-21(28)29/h8-9,17-18H,1-7,10-16H2,(H,24,30)(H,28,29);11-12,17-18H,3-10,13-16H2,1-2H3,(H,24,25)(H,28,29)/t2*17-/m00/s1. The number of amides is 2. The minimum atomic E-state index is -0.747. The van der Waals surface area contributed by atoms with E-state index in [1.54, 1.807) is 0 Å². The number of carboxylic acids is 2. The Balaban J connectivity index is 0.000000204. The number of morpholine rings is 1. The average Bonchev–Trinajstić information content (AvgIpc) is 3.28. The quantitative estimate of drug-likeness (QED) is 0.159. The number of ether oxygens (including phenoxy) is 1. The number of anilines is 4. The Labute approximate surface area is 362 Å². The van der Waals surface area contributed by atoms with Crippen molar-refractivity contribution in [1.82, 2.24) is 20.2 Å². The summed E-state index contributed by atoms with van der Waals surface area (Å²) in [6.07, 6.45) is 16.6. The molecule has 4 N–H and O–H groups in total. The van der Waals surface area contributed by atoms with E-state index in [1.165, 1.54) is 38.5 Å². The second-order valence-corrected chi connectivity index (χ2v) is 17.8. The number of pyridine rings is 2. The fraction of sp³-hybridized carbons (Fsp3) is 0.696. The van der Waals surface area contributed by atoms with Crippen LogP contribution in [-0.4, -0.2) is 127 Å². The molecule has 61 heavy (non-hydrogen) atoms. The number of carbonyl (C=O) groups excluding carboxylic acids is 2. The highest BCUT2D eigenvalue weighted by Gasteiger charge is 2.29. The third-order valence-corrected chi connectivity index (χ3v) is 13.1. The minimum absolute atomic E-state index is 0.0296. The normalized spacial score (nSPS) is 21.5. The van der Waals surface area contributed by atoms with Crippen LogP contribution in [0.1, 0.15) is 137 Å². The first-order chi connectivity index (χ1) is 29.6. The average molecular weight is 847 g/mol. The van der Waals surface area contributed by atoms with Gasteiger partial charge in [0.05, 0.1) is 24.3 Å². The van der Waals surface area contributed by atoms with E-state index < -0.39 is 11.9 Å². The van der Waals surface area contributed by atoms with Crippen LogP contribution in [0.2, 0.25) is 0 Å². The summed E-state index contributed by atoms with van der Waals surface area (Å²) in [5.41, 5.74) is 1.25. The Morgan fingerprint density at radius 3 is 1.84 bits per heavy atom. The van der Waals surface area contributed by atoms with Gasteiger partial charge in [-0.1, -0.05) is 45.4 Å². The Morgan fingerprint density at radius 2 is 1.26 bits per heavy atom. The molecule has 3 saturated heterocycles. The van der Waals surface area contributed by atoms with Crippen molar-refractivity contribution in [2.45, 2.75) is 128 Å². The third-order valence-electron chi connectivity index (χ3n) is 13.1. The third kappa shape index (κ3) is 13.2. The molecule has 2 saturated carbocycles. The summed E-state index contributed by atoms with van der Waals surface area (Å²) in [6, 6.07) is 8.18. The molecule has 2 aromatic rings. The van der Waals surface area contributed by atoms with Crippen molar-refractivity contribution in [3.63, 3.8) is 0 Å². The predicted octanol–water partition coefficient (Wildman–Crippen LogP) is 6.67. The van der Waals surface area contributed by atoms with Crippen LogP contribution >= 0.6 is 0 Å². The fourth-order valence-corrected chi connectivity index (χ4v) is 9.69. The summed E-state index contributed by atoms with van der Waals surface area (Å²) in [7, 11) is 1.91. The summed E-state index contributed by atoms with van der Waals surface area (Å²) in [6.45, 7) is 8.63. The van der Waals surface area contributed by atoms with Gasteiger partial charge >= 0.3 is 11.9 Å². The lowest BCUT2D eigenvalue weighted by Crippen LogP contribution is -2.41. The van der Waals surface area contributed by atoms with E-state index in [1.807, 2.05) is 36.2 Å². The number of nitrogens with one attached hydrogen (secondary N) is 2. The molecule has 0 radical (unpaired) electrons. The van der Waals surface area contributed by atoms with Crippen LogP contribution in [0, 0.1) is 11.8 Å². The number of hydrogen-bond acceptors (Lipinski definition) is 11. The molecule has 2 aliphatic carbocycles. The fourth-order valence-electron chi connectivity index (χ4n) is 9.69. The van der Waals surface area contributed by atoms with Crippen molar-refractivity contribution in [3.8, 4) is 0 Å². The molecule has 15 heteroatoms. The first-order valence-electron chi connectivity index (χ1n) is 23.2. The van der Waals surface area contributed by atoms with Crippen molar-refractivity contribution in [3.05, 3.63) is 35.4 Å². The van der Waals surface area contributed by atoms with Crippen molar-refractivity contribution in [2.75, 3.05) is 86.1 Å². The van der Waals surface area contributed by atoms with Crippen LogP contribution in [-0.2, 0) is 14.3 Å². The molecule has 2 amide bonds. The Bertz CT molecular complexity index is 1760. The highest BCUT2D eigenvalue weighted by Crippen LogP contribution is 2.31. The maximum atomic E-state index is 13.3. The molecule has 5 fully saturated rings. The summed E-state index contributed by atoms with van der Waals surface area (Å²) >= 11 is 0. The van der Waals surface area contributed by atoms with Crippen LogP contribution in [0.4, 0.5) is 23.3 Å². The number of rotatable bonds is 14. The van der Waals surface area contributed by atoms with Gasteiger partial charge in [-0.15, -0.1) is 0 Å². The van der Waals surface area contributed by atoms with E-state index in [-0.39, 0.29) is 42.5 Å². The topological polar surface area (TPSA) is 181 Å². The highest BCUT2D eigenvalue weighted by molar-refractivity contribution is 6.00. The molecule has 3 aliphatic heterocycles. The zero-order valence-corrected chi connectivity index (χ0v) is 36.6.